The van der Waals surface area contributed by atoms with Crippen molar-refractivity contribution in [3.05, 3.63) is 63.1 Å². The normalized spacial score (nSPS) is 15.1. The van der Waals surface area contributed by atoms with Crippen LogP contribution >= 0.6 is 24.0 Å². The topological polar surface area (TPSA) is 47.6 Å². The van der Waals surface area contributed by atoms with Crippen LogP contribution in [0.15, 0.2) is 35.2 Å². The molecule has 0 aromatic heterocycles. The predicted molar refractivity (Wildman–Crippen MR) is 119 cm³/mol. The number of nitrogens with one attached hydrogen (secondary N) is 1. The summed E-state index contributed by atoms with van der Waals surface area (Å²) in [5, 5.41) is 2.62. The number of amides is 1. The molecule has 3 rings (SSSR count). The van der Waals surface area contributed by atoms with Gasteiger partial charge in [0.1, 0.15) is 10.9 Å². The van der Waals surface area contributed by atoms with Crippen LogP contribution < -0.4 is 14.8 Å². The molecule has 1 N–H and O–H groups in total. The number of carbonyl (C=O) groups is 1. The standard InChI is InChI=1S/C22H23NO3S2/c1-5-25-19-10-16(11-20-21(24)23-22(27)28-20)6-7-18(19)26-12-17-9-14(3)13(2)8-15(17)4/h6-11H,5,12H2,1-4H3,(H,23,24,27)/b20-11+. The van der Waals surface area contributed by atoms with Crippen molar-refractivity contribution in [2.45, 2.75) is 34.3 Å². The van der Waals surface area contributed by atoms with Crippen molar-refractivity contribution < 1.29 is 14.3 Å². The maximum atomic E-state index is 11.9. The lowest BCUT2D eigenvalue weighted by molar-refractivity contribution is -0.115. The Bertz CT molecular complexity index is 966. The number of carbonyl (C=O) groups excluding carboxylic acids is 1. The van der Waals surface area contributed by atoms with Crippen molar-refractivity contribution in [3.8, 4) is 11.5 Å². The molecule has 1 fully saturated rings. The van der Waals surface area contributed by atoms with Crippen molar-refractivity contribution in [1.29, 1.82) is 0 Å². The predicted octanol–water partition coefficient (Wildman–Crippen LogP) is 5.08. The van der Waals surface area contributed by atoms with E-state index in [4.69, 9.17) is 21.7 Å². The molecule has 28 heavy (non-hydrogen) atoms. The molecule has 0 saturated carbocycles. The number of thioether (sulfide) groups is 1. The van der Waals surface area contributed by atoms with Gasteiger partial charge in [0.25, 0.3) is 5.91 Å². The molecule has 0 bridgehead atoms. The fraction of sp³-hybridized carbons (Fsp3) is 0.273. The monoisotopic (exact) mass is 413 g/mol. The molecule has 0 spiro atoms. The van der Waals surface area contributed by atoms with E-state index in [9.17, 15) is 4.79 Å². The van der Waals surface area contributed by atoms with Crippen molar-refractivity contribution in [3.63, 3.8) is 0 Å². The summed E-state index contributed by atoms with van der Waals surface area (Å²) in [4.78, 5) is 12.4. The van der Waals surface area contributed by atoms with E-state index in [1.807, 2.05) is 25.1 Å². The minimum Gasteiger partial charge on any atom is -0.490 e. The minimum atomic E-state index is -0.168. The number of rotatable bonds is 6. The van der Waals surface area contributed by atoms with Crippen LogP contribution in [0.1, 0.15) is 34.7 Å². The molecular formula is C22H23NO3S2. The maximum absolute atomic E-state index is 11.9. The van der Waals surface area contributed by atoms with E-state index in [1.165, 1.54) is 28.5 Å². The number of thiocarbonyl (C=S) groups is 1. The quantitative estimate of drug-likeness (QED) is 0.529. The van der Waals surface area contributed by atoms with Crippen molar-refractivity contribution in [1.82, 2.24) is 5.32 Å². The van der Waals surface area contributed by atoms with E-state index < -0.39 is 0 Å². The van der Waals surface area contributed by atoms with Crippen LogP contribution in [0, 0.1) is 20.8 Å². The summed E-state index contributed by atoms with van der Waals surface area (Å²) in [5.41, 5.74) is 5.76. The van der Waals surface area contributed by atoms with Crippen LogP contribution in [-0.4, -0.2) is 16.8 Å². The highest BCUT2D eigenvalue weighted by molar-refractivity contribution is 8.26. The molecule has 1 aliphatic rings. The lowest BCUT2D eigenvalue weighted by Crippen LogP contribution is -2.17. The molecule has 2 aromatic carbocycles. The zero-order chi connectivity index (χ0) is 20.3. The van der Waals surface area contributed by atoms with Crippen LogP contribution in [0.5, 0.6) is 11.5 Å². The van der Waals surface area contributed by atoms with Gasteiger partial charge in [-0.3, -0.25) is 4.79 Å². The van der Waals surface area contributed by atoms with Crippen molar-refractivity contribution in [2.24, 2.45) is 0 Å². The summed E-state index contributed by atoms with van der Waals surface area (Å²) < 4.78 is 12.3. The third-order valence-corrected chi connectivity index (χ3v) is 5.71. The molecule has 1 saturated heterocycles. The Morgan fingerprint density at radius 2 is 1.79 bits per heavy atom. The molecule has 2 aromatic rings. The van der Waals surface area contributed by atoms with Crippen LogP contribution in [-0.2, 0) is 11.4 Å². The third-order valence-electron chi connectivity index (χ3n) is 4.54. The average molecular weight is 414 g/mol. The van der Waals surface area contributed by atoms with Crippen molar-refractivity contribution >= 4 is 40.3 Å². The molecule has 0 aliphatic carbocycles. The van der Waals surface area contributed by atoms with Gasteiger partial charge < -0.3 is 14.8 Å². The Kier molecular flexibility index (Phi) is 6.42. The molecule has 1 heterocycles. The molecular weight excluding hydrogens is 390 g/mol. The molecule has 0 unspecified atom stereocenters. The number of benzene rings is 2. The Labute approximate surface area is 175 Å². The molecule has 1 amide bonds. The number of hydrogen-bond donors (Lipinski definition) is 1. The highest BCUT2D eigenvalue weighted by Crippen LogP contribution is 2.32. The first-order chi connectivity index (χ1) is 13.4. The van der Waals surface area contributed by atoms with Crippen LogP contribution in [0.4, 0.5) is 0 Å². The first kappa shape index (κ1) is 20.4. The Balaban J connectivity index is 1.82. The van der Waals surface area contributed by atoms with E-state index >= 15 is 0 Å². The Morgan fingerprint density at radius 3 is 2.46 bits per heavy atom. The van der Waals surface area contributed by atoms with Crippen LogP contribution in [0.3, 0.4) is 0 Å². The largest absolute Gasteiger partial charge is 0.490 e. The third kappa shape index (κ3) is 4.75. The lowest BCUT2D eigenvalue weighted by atomic mass is 10.0. The summed E-state index contributed by atoms with van der Waals surface area (Å²) in [5.74, 6) is 1.17. The maximum Gasteiger partial charge on any atom is 0.263 e. The summed E-state index contributed by atoms with van der Waals surface area (Å²) in [6.07, 6.45) is 1.80. The van der Waals surface area contributed by atoms with Gasteiger partial charge in [-0.25, -0.2) is 0 Å². The highest BCUT2D eigenvalue weighted by atomic mass is 32.2. The van der Waals surface area contributed by atoms with Gasteiger partial charge in [0.05, 0.1) is 11.5 Å². The smallest absolute Gasteiger partial charge is 0.263 e. The number of hydrogen-bond acceptors (Lipinski definition) is 5. The second-order valence-electron chi connectivity index (χ2n) is 6.64. The molecule has 4 nitrogen and oxygen atoms in total. The van der Waals surface area contributed by atoms with Gasteiger partial charge in [0.15, 0.2) is 11.5 Å². The van der Waals surface area contributed by atoms with Crippen molar-refractivity contribution in [2.75, 3.05) is 6.61 Å². The van der Waals surface area contributed by atoms with Gasteiger partial charge >= 0.3 is 0 Å². The molecule has 0 radical (unpaired) electrons. The van der Waals surface area contributed by atoms with E-state index in [1.54, 1.807) is 6.08 Å². The van der Waals surface area contributed by atoms with Gasteiger partial charge in [-0.05, 0) is 73.7 Å². The van der Waals surface area contributed by atoms with E-state index in [0.717, 1.165) is 11.1 Å². The number of aryl methyl sites for hydroxylation is 3. The SMILES string of the molecule is CCOc1cc(/C=C2/SC(=S)NC2=O)ccc1OCc1cc(C)c(C)cc1C. The van der Waals surface area contributed by atoms with Gasteiger partial charge in [-0.2, -0.15) is 0 Å². The molecule has 146 valence electrons. The number of ether oxygens (including phenoxy) is 2. The second-order valence-corrected chi connectivity index (χ2v) is 8.36. The summed E-state index contributed by atoms with van der Waals surface area (Å²) >= 11 is 6.29. The zero-order valence-corrected chi connectivity index (χ0v) is 18.1. The second kappa shape index (κ2) is 8.80. The van der Waals surface area contributed by atoms with Crippen LogP contribution in [0.25, 0.3) is 6.08 Å². The lowest BCUT2D eigenvalue weighted by Gasteiger charge is -2.15. The summed E-state index contributed by atoms with van der Waals surface area (Å²) in [7, 11) is 0. The first-order valence-electron chi connectivity index (χ1n) is 9.08. The molecule has 0 atom stereocenters. The summed E-state index contributed by atoms with van der Waals surface area (Å²) in [6.45, 7) is 9.25. The van der Waals surface area contributed by atoms with E-state index in [-0.39, 0.29) is 5.91 Å². The average Bonchev–Trinajstić information content (AvgIpc) is 2.95. The molecule has 1 aliphatic heterocycles. The first-order valence-corrected chi connectivity index (χ1v) is 10.3. The van der Waals surface area contributed by atoms with Gasteiger partial charge in [0.2, 0.25) is 0 Å². The summed E-state index contributed by atoms with van der Waals surface area (Å²) in [6, 6.07) is 10.0. The molecule has 6 heteroatoms. The fourth-order valence-corrected chi connectivity index (χ4v) is 3.95. The van der Waals surface area contributed by atoms with Gasteiger partial charge in [0, 0.05) is 0 Å². The van der Waals surface area contributed by atoms with Gasteiger partial charge in [-0.1, -0.05) is 42.2 Å². The van der Waals surface area contributed by atoms with E-state index in [0.29, 0.717) is 33.9 Å². The Hall–Kier alpha value is -2.31. The highest BCUT2D eigenvalue weighted by Gasteiger charge is 2.22. The van der Waals surface area contributed by atoms with Crippen LogP contribution in [0.2, 0.25) is 0 Å². The fourth-order valence-electron chi connectivity index (χ4n) is 2.91. The van der Waals surface area contributed by atoms with E-state index in [2.05, 4.69) is 38.2 Å². The Morgan fingerprint density at radius 1 is 1.04 bits per heavy atom. The minimum absolute atomic E-state index is 0.168. The zero-order valence-electron chi connectivity index (χ0n) is 16.4. The van der Waals surface area contributed by atoms with Gasteiger partial charge in [-0.15, -0.1) is 0 Å².